The summed E-state index contributed by atoms with van der Waals surface area (Å²) in [5.74, 6) is -0.187. The van der Waals surface area contributed by atoms with Gasteiger partial charge in [-0.25, -0.2) is 4.39 Å². The molecule has 6 nitrogen and oxygen atoms in total. The van der Waals surface area contributed by atoms with Crippen molar-refractivity contribution in [1.82, 2.24) is 14.8 Å². The van der Waals surface area contributed by atoms with Gasteiger partial charge in [0, 0.05) is 47.8 Å². The zero-order valence-corrected chi connectivity index (χ0v) is 21.5. The Hall–Kier alpha value is -2.71. The number of amides is 1. The second kappa shape index (κ2) is 11.0. The fraction of sp³-hybridized carbons (Fsp3) is 0.414. The first-order valence-electron chi connectivity index (χ1n) is 12.9. The third-order valence-electron chi connectivity index (χ3n) is 7.94. The van der Waals surface area contributed by atoms with Crippen molar-refractivity contribution in [2.24, 2.45) is 0 Å². The van der Waals surface area contributed by atoms with Crippen LogP contribution in [0, 0.1) is 5.82 Å². The van der Waals surface area contributed by atoms with Crippen LogP contribution in [0.2, 0.25) is 5.02 Å². The van der Waals surface area contributed by atoms with Crippen molar-refractivity contribution in [1.29, 1.82) is 0 Å². The van der Waals surface area contributed by atoms with Crippen molar-refractivity contribution >= 4 is 34.5 Å². The molecule has 196 valence electrons. The lowest BCUT2D eigenvalue weighted by Gasteiger charge is -2.43. The third-order valence-corrected chi connectivity index (χ3v) is 8.16. The molecule has 1 unspecified atom stereocenters. The molecule has 1 aromatic heterocycles. The first-order chi connectivity index (χ1) is 17.8. The summed E-state index contributed by atoms with van der Waals surface area (Å²) in [6.07, 6.45) is 6.82. The van der Waals surface area contributed by atoms with Crippen LogP contribution in [0.15, 0.2) is 54.7 Å². The summed E-state index contributed by atoms with van der Waals surface area (Å²) in [7, 11) is 0. The molecule has 2 aliphatic heterocycles. The van der Waals surface area contributed by atoms with Gasteiger partial charge in [-0.05, 0) is 86.2 Å². The molecule has 3 heterocycles. The highest BCUT2D eigenvalue weighted by molar-refractivity contribution is 6.30. The number of aromatic nitrogens is 1. The van der Waals surface area contributed by atoms with Gasteiger partial charge in [-0.3, -0.25) is 4.79 Å². The number of fused-ring (bicyclic) bond motifs is 1. The number of hydrogen-bond acceptors (Lipinski definition) is 4. The van der Waals surface area contributed by atoms with Gasteiger partial charge in [0.2, 0.25) is 5.91 Å². The maximum atomic E-state index is 13.5. The number of para-hydroxylation sites is 1. The molecule has 0 saturated carbocycles. The highest BCUT2D eigenvalue weighted by atomic mass is 35.5. The summed E-state index contributed by atoms with van der Waals surface area (Å²) >= 11 is 5.87. The molecular formula is C29H33ClFN3O3. The Kier molecular flexibility index (Phi) is 7.67. The minimum atomic E-state index is -1.22. The van der Waals surface area contributed by atoms with Crippen molar-refractivity contribution in [3.05, 3.63) is 76.7 Å². The number of H-pyrrole nitrogens is 1. The van der Waals surface area contributed by atoms with E-state index in [0.29, 0.717) is 44.0 Å². The zero-order chi connectivity index (χ0) is 26.0. The summed E-state index contributed by atoms with van der Waals surface area (Å²) in [6, 6.07) is 12.5. The number of likely N-dealkylation sites (tertiary alicyclic amines) is 2. The van der Waals surface area contributed by atoms with Crippen LogP contribution in [0.25, 0.3) is 17.0 Å². The molecule has 1 amide bonds. The quantitative estimate of drug-likeness (QED) is 0.412. The fourth-order valence-electron chi connectivity index (χ4n) is 5.66. The molecule has 2 aliphatic rings. The van der Waals surface area contributed by atoms with Gasteiger partial charge in [-0.15, -0.1) is 0 Å². The van der Waals surface area contributed by atoms with Gasteiger partial charge in [-0.1, -0.05) is 29.8 Å². The maximum absolute atomic E-state index is 13.5. The minimum Gasteiger partial charge on any atom is -0.389 e. The number of carbonyl (C=O) groups is 1. The number of aliphatic hydroxyl groups is 2. The molecule has 0 aliphatic carbocycles. The summed E-state index contributed by atoms with van der Waals surface area (Å²) in [4.78, 5) is 19.9. The van der Waals surface area contributed by atoms with E-state index in [9.17, 15) is 19.4 Å². The highest BCUT2D eigenvalue weighted by Gasteiger charge is 2.40. The van der Waals surface area contributed by atoms with Crippen LogP contribution in [-0.4, -0.2) is 75.3 Å². The van der Waals surface area contributed by atoms with Crippen LogP contribution in [0.4, 0.5) is 4.39 Å². The van der Waals surface area contributed by atoms with E-state index in [2.05, 4.69) is 34.3 Å². The van der Waals surface area contributed by atoms with Gasteiger partial charge in [-0.2, -0.15) is 0 Å². The number of aliphatic hydroxyl groups excluding tert-OH is 1. The van der Waals surface area contributed by atoms with Gasteiger partial charge in [0.25, 0.3) is 0 Å². The van der Waals surface area contributed by atoms with Crippen LogP contribution in [0.3, 0.4) is 0 Å². The topological polar surface area (TPSA) is 79.8 Å². The molecule has 8 heteroatoms. The van der Waals surface area contributed by atoms with E-state index in [4.69, 9.17) is 11.6 Å². The number of halogens is 2. The summed E-state index contributed by atoms with van der Waals surface area (Å²) < 4.78 is 13.5. The smallest absolute Gasteiger partial charge is 0.246 e. The SMILES string of the molecule is O=C(C=Cc1cc(F)cc(Cl)c1)N1CCC(O)(C(O)CN2CCC(c3c[nH]c4ccccc34)CC2)CC1. The van der Waals surface area contributed by atoms with Crippen molar-refractivity contribution in [2.75, 3.05) is 32.7 Å². The van der Waals surface area contributed by atoms with E-state index in [1.54, 1.807) is 11.0 Å². The Morgan fingerprint density at radius 2 is 1.89 bits per heavy atom. The Morgan fingerprint density at radius 3 is 2.62 bits per heavy atom. The van der Waals surface area contributed by atoms with Crippen molar-refractivity contribution in [3.63, 3.8) is 0 Å². The number of aromatic amines is 1. The number of rotatable bonds is 6. The van der Waals surface area contributed by atoms with E-state index in [-0.39, 0.29) is 10.9 Å². The zero-order valence-electron chi connectivity index (χ0n) is 20.7. The average molecular weight is 526 g/mol. The van der Waals surface area contributed by atoms with Gasteiger partial charge < -0.3 is 25.0 Å². The van der Waals surface area contributed by atoms with Gasteiger partial charge in [0.05, 0.1) is 11.7 Å². The first-order valence-corrected chi connectivity index (χ1v) is 13.3. The van der Waals surface area contributed by atoms with Gasteiger partial charge in [0.15, 0.2) is 0 Å². The van der Waals surface area contributed by atoms with Crippen molar-refractivity contribution in [3.8, 4) is 0 Å². The summed E-state index contributed by atoms with van der Waals surface area (Å²) in [5.41, 5.74) is 1.82. The molecule has 3 N–H and O–H groups in total. The molecule has 5 rings (SSSR count). The lowest BCUT2D eigenvalue weighted by molar-refractivity contribution is -0.140. The maximum Gasteiger partial charge on any atom is 0.246 e. The lowest BCUT2D eigenvalue weighted by atomic mass is 9.84. The number of piperidine rings is 2. The summed E-state index contributed by atoms with van der Waals surface area (Å²) in [6.45, 7) is 2.87. The van der Waals surface area contributed by atoms with Crippen LogP contribution in [0.1, 0.15) is 42.7 Å². The average Bonchev–Trinajstić information content (AvgIpc) is 3.32. The van der Waals surface area contributed by atoms with E-state index in [1.807, 2.05) is 6.07 Å². The number of carbonyl (C=O) groups excluding carboxylic acids is 1. The van der Waals surface area contributed by atoms with Crippen LogP contribution < -0.4 is 0 Å². The minimum absolute atomic E-state index is 0.212. The lowest BCUT2D eigenvalue weighted by Crippen LogP contribution is -2.56. The Labute approximate surface area is 221 Å². The van der Waals surface area contributed by atoms with E-state index in [0.717, 1.165) is 31.4 Å². The standard InChI is InChI=1S/C29H33ClFN3O3/c30-22-15-20(16-23(31)17-22)5-6-28(36)34-13-9-29(37,10-14-34)27(35)19-33-11-7-21(8-12-33)25-18-32-26-4-2-1-3-24(25)26/h1-6,15-18,21,27,32,35,37H,7-14,19H2. The van der Waals surface area contributed by atoms with Crippen molar-refractivity contribution in [2.45, 2.75) is 43.3 Å². The fourth-order valence-corrected chi connectivity index (χ4v) is 5.89. The molecule has 0 radical (unpaired) electrons. The Morgan fingerprint density at radius 1 is 1.16 bits per heavy atom. The van der Waals surface area contributed by atoms with E-state index in [1.165, 1.54) is 35.2 Å². The molecule has 2 fully saturated rings. The van der Waals surface area contributed by atoms with Crippen LogP contribution >= 0.6 is 11.6 Å². The molecule has 37 heavy (non-hydrogen) atoms. The van der Waals surface area contributed by atoms with Crippen molar-refractivity contribution < 1.29 is 19.4 Å². The molecule has 1 atom stereocenters. The predicted octanol–water partition coefficient (Wildman–Crippen LogP) is 4.57. The molecular weight excluding hydrogens is 493 g/mol. The molecule has 3 aromatic rings. The third kappa shape index (κ3) is 5.91. The number of hydrogen-bond donors (Lipinski definition) is 3. The first kappa shape index (κ1) is 25.9. The Bertz CT molecular complexity index is 1260. The van der Waals surface area contributed by atoms with E-state index < -0.39 is 17.5 Å². The Balaban J connectivity index is 1.10. The highest BCUT2D eigenvalue weighted by Crippen LogP contribution is 2.34. The van der Waals surface area contributed by atoms with E-state index >= 15 is 0 Å². The second-order valence-electron chi connectivity index (χ2n) is 10.3. The number of nitrogens with zero attached hydrogens (tertiary/aromatic N) is 2. The predicted molar refractivity (Wildman–Crippen MR) is 144 cm³/mol. The van der Waals surface area contributed by atoms with Gasteiger partial charge in [0.1, 0.15) is 5.82 Å². The second-order valence-corrected chi connectivity index (χ2v) is 10.8. The molecule has 2 aromatic carbocycles. The van der Waals surface area contributed by atoms with Gasteiger partial charge >= 0.3 is 0 Å². The van der Waals surface area contributed by atoms with Crippen LogP contribution in [0.5, 0.6) is 0 Å². The van der Waals surface area contributed by atoms with Crippen LogP contribution in [-0.2, 0) is 4.79 Å². The normalized spacial score (nSPS) is 20.1. The molecule has 2 saturated heterocycles. The number of nitrogens with one attached hydrogen (secondary N) is 1. The monoisotopic (exact) mass is 525 g/mol. The largest absolute Gasteiger partial charge is 0.389 e. The number of benzene rings is 2. The summed E-state index contributed by atoms with van der Waals surface area (Å²) in [5, 5.41) is 23.7. The number of β-amino-alcohol motifs (C(OH)–C–C–N with tert-alkyl or cyclic N) is 1. The molecule has 0 spiro atoms. The molecule has 0 bridgehead atoms.